The minimum atomic E-state index is 0.568. The van der Waals surface area contributed by atoms with Crippen molar-refractivity contribution in [2.45, 2.75) is 40.0 Å². The third kappa shape index (κ3) is 2.83. The number of hydrogen-bond acceptors (Lipinski definition) is 1. The van der Waals surface area contributed by atoms with Crippen molar-refractivity contribution in [1.29, 1.82) is 0 Å². The Labute approximate surface area is 86.9 Å². The summed E-state index contributed by atoms with van der Waals surface area (Å²) < 4.78 is 0. The van der Waals surface area contributed by atoms with Crippen LogP contribution in [0.1, 0.15) is 40.0 Å². The molecule has 0 radical (unpaired) electrons. The predicted octanol–water partition coefficient (Wildman–Crippen LogP) is 3.51. The minimum absolute atomic E-state index is 0.568. The molecular weight excluding hydrogens is 172 g/mol. The van der Waals surface area contributed by atoms with E-state index >= 15 is 0 Å². The second kappa shape index (κ2) is 5.14. The molecule has 0 unspecified atom stereocenters. The fourth-order valence-corrected chi connectivity index (χ4v) is 2.06. The van der Waals surface area contributed by atoms with E-state index in [0.29, 0.717) is 11.8 Å². The van der Waals surface area contributed by atoms with Crippen molar-refractivity contribution in [3.63, 3.8) is 0 Å². The molecule has 14 heavy (non-hydrogen) atoms. The second-order valence-electron chi connectivity index (χ2n) is 4.29. The molecule has 2 atom stereocenters. The fourth-order valence-electron chi connectivity index (χ4n) is 2.06. The first-order valence-corrected chi connectivity index (χ1v) is 5.50. The molecule has 0 fully saturated rings. The predicted molar refractivity (Wildman–Crippen MR) is 60.1 cm³/mol. The molecule has 0 aromatic carbocycles. The molecule has 0 amide bonds. The molecule has 0 saturated heterocycles. The third-order valence-electron chi connectivity index (χ3n) is 3.08. The maximum atomic E-state index is 10.7. The van der Waals surface area contributed by atoms with Crippen LogP contribution in [0.25, 0.3) is 0 Å². The Morgan fingerprint density at radius 1 is 1.64 bits per heavy atom. The maximum absolute atomic E-state index is 10.7. The van der Waals surface area contributed by atoms with Gasteiger partial charge in [0, 0.05) is 0 Å². The minimum Gasteiger partial charge on any atom is -0.298 e. The molecule has 0 aromatic heterocycles. The lowest BCUT2D eigenvalue weighted by Gasteiger charge is -2.24. The van der Waals surface area contributed by atoms with Crippen molar-refractivity contribution < 1.29 is 4.79 Å². The summed E-state index contributed by atoms with van der Waals surface area (Å²) in [6.45, 7) is 6.47. The van der Waals surface area contributed by atoms with Crippen molar-refractivity contribution in [2.24, 2.45) is 11.8 Å². The lowest BCUT2D eigenvalue weighted by atomic mass is 9.81. The molecule has 1 aliphatic rings. The Hall–Kier alpha value is -0.850. The molecule has 0 aliphatic heterocycles. The maximum Gasteiger partial charge on any atom is 0.145 e. The summed E-state index contributed by atoms with van der Waals surface area (Å²) in [6, 6.07) is 0. The first-order valence-electron chi connectivity index (χ1n) is 5.50. The van der Waals surface area contributed by atoms with Crippen molar-refractivity contribution >= 4 is 6.29 Å². The Morgan fingerprint density at radius 3 is 2.86 bits per heavy atom. The monoisotopic (exact) mass is 192 g/mol. The number of aldehydes is 1. The van der Waals surface area contributed by atoms with Crippen LogP contribution in [0.15, 0.2) is 23.3 Å². The zero-order valence-electron chi connectivity index (χ0n) is 9.42. The lowest BCUT2D eigenvalue weighted by Crippen LogP contribution is -2.13. The van der Waals surface area contributed by atoms with Crippen LogP contribution in [0.2, 0.25) is 0 Å². The highest BCUT2D eigenvalue weighted by atomic mass is 16.1. The second-order valence-corrected chi connectivity index (χ2v) is 4.29. The van der Waals surface area contributed by atoms with E-state index in [4.69, 9.17) is 0 Å². The molecule has 1 nitrogen and oxygen atoms in total. The molecular formula is C13H20O. The largest absolute Gasteiger partial charge is 0.298 e. The molecule has 78 valence electrons. The molecule has 0 aromatic rings. The molecule has 0 saturated carbocycles. The smallest absolute Gasteiger partial charge is 0.145 e. The zero-order valence-corrected chi connectivity index (χ0v) is 9.42. The van der Waals surface area contributed by atoms with E-state index in [1.54, 1.807) is 0 Å². The summed E-state index contributed by atoms with van der Waals surface area (Å²) in [5.74, 6) is 1.16. The lowest BCUT2D eigenvalue weighted by molar-refractivity contribution is -0.105. The van der Waals surface area contributed by atoms with E-state index in [0.717, 1.165) is 18.3 Å². The number of hydrogen-bond donors (Lipinski definition) is 0. The summed E-state index contributed by atoms with van der Waals surface area (Å²) in [5, 5.41) is 0. The van der Waals surface area contributed by atoms with Gasteiger partial charge >= 0.3 is 0 Å². The Kier molecular flexibility index (Phi) is 4.12. The van der Waals surface area contributed by atoms with Crippen LogP contribution in [0.3, 0.4) is 0 Å². The van der Waals surface area contributed by atoms with Crippen LogP contribution in [0.4, 0.5) is 0 Å². The highest BCUT2D eigenvalue weighted by molar-refractivity contribution is 5.72. The Morgan fingerprint density at radius 2 is 2.36 bits per heavy atom. The number of carbonyl (C=O) groups excluding carboxylic acids is 1. The quantitative estimate of drug-likeness (QED) is 0.380. The first-order chi connectivity index (χ1) is 6.67. The summed E-state index contributed by atoms with van der Waals surface area (Å²) in [4.78, 5) is 10.7. The molecule has 1 heteroatoms. The van der Waals surface area contributed by atoms with Gasteiger partial charge in [0.1, 0.15) is 6.29 Å². The van der Waals surface area contributed by atoms with Gasteiger partial charge in [-0.3, -0.25) is 4.79 Å². The van der Waals surface area contributed by atoms with Crippen LogP contribution in [-0.2, 0) is 4.79 Å². The van der Waals surface area contributed by atoms with Gasteiger partial charge in [-0.15, -0.1) is 0 Å². The van der Waals surface area contributed by atoms with E-state index in [1.165, 1.54) is 18.4 Å². The van der Waals surface area contributed by atoms with Gasteiger partial charge in [0.15, 0.2) is 0 Å². The van der Waals surface area contributed by atoms with Crippen LogP contribution in [-0.4, -0.2) is 6.29 Å². The van der Waals surface area contributed by atoms with Crippen molar-refractivity contribution in [3.8, 4) is 0 Å². The molecule has 0 spiro atoms. The van der Waals surface area contributed by atoms with Crippen molar-refractivity contribution in [3.05, 3.63) is 23.3 Å². The molecule has 1 aliphatic carbocycles. The van der Waals surface area contributed by atoms with Crippen molar-refractivity contribution in [1.82, 2.24) is 0 Å². The number of rotatable bonds is 3. The van der Waals surface area contributed by atoms with Gasteiger partial charge in [-0.05, 0) is 43.6 Å². The first kappa shape index (κ1) is 11.2. The summed E-state index contributed by atoms with van der Waals surface area (Å²) in [6.07, 6.45) is 8.73. The Balaban J connectivity index is 2.71. The van der Waals surface area contributed by atoms with Gasteiger partial charge in [-0.1, -0.05) is 31.6 Å². The van der Waals surface area contributed by atoms with Crippen LogP contribution >= 0.6 is 0 Å². The normalized spacial score (nSPS) is 28.5. The average molecular weight is 192 g/mol. The van der Waals surface area contributed by atoms with Gasteiger partial charge in [0.25, 0.3) is 0 Å². The summed E-state index contributed by atoms with van der Waals surface area (Å²) in [7, 11) is 0. The summed E-state index contributed by atoms with van der Waals surface area (Å²) >= 11 is 0. The zero-order chi connectivity index (χ0) is 10.6. The van der Waals surface area contributed by atoms with E-state index < -0.39 is 0 Å². The summed E-state index contributed by atoms with van der Waals surface area (Å²) in [5.41, 5.74) is 2.45. The van der Waals surface area contributed by atoms with E-state index in [9.17, 15) is 4.79 Å². The third-order valence-corrected chi connectivity index (χ3v) is 3.08. The van der Waals surface area contributed by atoms with Crippen LogP contribution in [0.5, 0.6) is 0 Å². The van der Waals surface area contributed by atoms with E-state index in [1.807, 2.05) is 6.92 Å². The fraction of sp³-hybridized carbons (Fsp3) is 0.615. The van der Waals surface area contributed by atoms with Gasteiger partial charge in [0.2, 0.25) is 0 Å². The molecule has 1 rings (SSSR count). The topological polar surface area (TPSA) is 17.1 Å². The van der Waals surface area contributed by atoms with Crippen molar-refractivity contribution in [2.75, 3.05) is 0 Å². The standard InChI is InChI=1S/C13H20O/c1-4-12(9-14)8-13-6-5-10(2)7-11(13)3/h7-9,11,13H,4-6H2,1-3H3/b12-8+/t11-,13-/m1/s1. The molecule has 0 bridgehead atoms. The number of allylic oxidation sites excluding steroid dienone is 4. The van der Waals surface area contributed by atoms with E-state index in [-0.39, 0.29) is 0 Å². The van der Waals surface area contributed by atoms with Gasteiger partial charge in [0.05, 0.1) is 0 Å². The molecule has 0 N–H and O–H groups in total. The highest BCUT2D eigenvalue weighted by Crippen LogP contribution is 2.30. The van der Waals surface area contributed by atoms with Gasteiger partial charge in [-0.2, -0.15) is 0 Å². The Bertz CT molecular complexity index is 260. The average Bonchev–Trinajstić information content (AvgIpc) is 2.17. The van der Waals surface area contributed by atoms with Gasteiger partial charge in [-0.25, -0.2) is 0 Å². The number of carbonyl (C=O) groups is 1. The molecule has 0 heterocycles. The van der Waals surface area contributed by atoms with Crippen LogP contribution < -0.4 is 0 Å². The van der Waals surface area contributed by atoms with Gasteiger partial charge < -0.3 is 0 Å². The highest BCUT2D eigenvalue weighted by Gasteiger charge is 2.17. The SMILES string of the molecule is CC/C(C=O)=C\[C@H]1CCC(C)=C[C@H]1C. The van der Waals surface area contributed by atoms with Crippen LogP contribution in [0, 0.1) is 11.8 Å². The van der Waals surface area contributed by atoms with E-state index in [2.05, 4.69) is 26.0 Å².